The van der Waals surface area contributed by atoms with E-state index in [1.54, 1.807) is 18.2 Å². The van der Waals surface area contributed by atoms with Crippen LogP contribution in [-0.4, -0.2) is 48.4 Å². The monoisotopic (exact) mass is 304 g/mol. The zero-order valence-electron chi connectivity index (χ0n) is 13.1. The van der Waals surface area contributed by atoms with Crippen molar-refractivity contribution >= 4 is 5.91 Å². The molecule has 1 atom stereocenters. The van der Waals surface area contributed by atoms with Crippen molar-refractivity contribution in [1.29, 1.82) is 0 Å². The van der Waals surface area contributed by atoms with Crippen LogP contribution in [0.4, 0.5) is 4.39 Å². The molecule has 3 rings (SSSR count). The molecule has 0 bridgehead atoms. The number of hydrogen-bond donors (Lipinski definition) is 0. The molecule has 0 spiro atoms. The average molecular weight is 304 g/mol. The molecule has 22 heavy (non-hydrogen) atoms. The molecule has 0 aromatic heterocycles. The maximum Gasteiger partial charge on any atom is 0.227 e. The van der Waals surface area contributed by atoms with Crippen LogP contribution >= 0.6 is 0 Å². The van der Waals surface area contributed by atoms with E-state index in [-0.39, 0.29) is 18.1 Å². The van der Waals surface area contributed by atoms with Crippen molar-refractivity contribution in [3.63, 3.8) is 0 Å². The van der Waals surface area contributed by atoms with Crippen LogP contribution in [0.25, 0.3) is 0 Å². The number of nitrogens with zero attached hydrogens (tertiary/aromatic N) is 2. The summed E-state index contributed by atoms with van der Waals surface area (Å²) in [6, 6.07) is 6.59. The molecule has 1 amide bonds. The number of amides is 1. The van der Waals surface area contributed by atoms with Crippen LogP contribution in [0.2, 0.25) is 0 Å². The molecule has 0 radical (unpaired) electrons. The number of benzene rings is 1. The van der Waals surface area contributed by atoms with E-state index in [1.807, 2.05) is 4.90 Å². The summed E-state index contributed by atoms with van der Waals surface area (Å²) < 4.78 is 13.7. The summed E-state index contributed by atoms with van der Waals surface area (Å²) in [5.41, 5.74) is 0.508. The lowest BCUT2D eigenvalue weighted by Gasteiger charge is -2.34. The van der Waals surface area contributed by atoms with Gasteiger partial charge in [-0.15, -0.1) is 0 Å². The Labute approximate surface area is 132 Å². The van der Waals surface area contributed by atoms with Gasteiger partial charge in [-0.05, 0) is 56.3 Å². The largest absolute Gasteiger partial charge is 0.342 e. The highest BCUT2D eigenvalue weighted by molar-refractivity contribution is 5.78. The number of hydrogen-bond acceptors (Lipinski definition) is 2. The normalized spacial score (nSPS) is 23.0. The second-order valence-electron chi connectivity index (χ2n) is 6.62. The molecule has 2 aliphatic rings. The number of carbonyl (C=O) groups excluding carboxylic acids is 1. The van der Waals surface area contributed by atoms with Gasteiger partial charge in [-0.3, -0.25) is 4.79 Å². The summed E-state index contributed by atoms with van der Waals surface area (Å²) in [6.45, 7) is 5.19. The fraction of sp³-hybridized carbons (Fsp3) is 0.611. The highest BCUT2D eigenvalue weighted by Crippen LogP contribution is 2.21. The minimum atomic E-state index is -0.276. The maximum absolute atomic E-state index is 13.7. The van der Waals surface area contributed by atoms with Crippen molar-refractivity contribution in [3.05, 3.63) is 35.6 Å². The Morgan fingerprint density at radius 1 is 1.14 bits per heavy atom. The van der Waals surface area contributed by atoms with Crippen LogP contribution in [0, 0.1) is 11.7 Å². The van der Waals surface area contributed by atoms with Crippen molar-refractivity contribution in [3.8, 4) is 0 Å². The van der Waals surface area contributed by atoms with Gasteiger partial charge >= 0.3 is 0 Å². The lowest BCUT2D eigenvalue weighted by Crippen LogP contribution is -2.44. The Hall–Kier alpha value is -1.42. The molecule has 2 aliphatic heterocycles. The van der Waals surface area contributed by atoms with Crippen LogP contribution in [0.1, 0.15) is 31.2 Å². The van der Waals surface area contributed by atoms with Gasteiger partial charge in [0.05, 0.1) is 6.42 Å². The summed E-state index contributed by atoms with van der Waals surface area (Å²) in [6.07, 6.45) is 5.08. The van der Waals surface area contributed by atoms with Gasteiger partial charge in [0.2, 0.25) is 5.91 Å². The number of carbonyl (C=O) groups is 1. The Kier molecular flexibility index (Phi) is 5.08. The van der Waals surface area contributed by atoms with E-state index < -0.39 is 0 Å². The molecule has 1 aromatic carbocycles. The van der Waals surface area contributed by atoms with E-state index in [4.69, 9.17) is 0 Å². The lowest BCUT2D eigenvalue weighted by molar-refractivity contribution is -0.132. The van der Waals surface area contributed by atoms with Gasteiger partial charge in [0.15, 0.2) is 0 Å². The van der Waals surface area contributed by atoms with Crippen LogP contribution in [-0.2, 0) is 11.2 Å². The minimum Gasteiger partial charge on any atom is -0.342 e. The zero-order chi connectivity index (χ0) is 15.4. The summed E-state index contributed by atoms with van der Waals surface area (Å²) in [5, 5.41) is 0. The van der Waals surface area contributed by atoms with E-state index >= 15 is 0 Å². The maximum atomic E-state index is 13.7. The second-order valence-corrected chi connectivity index (χ2v) is 6.62. The average Bonchev–Trinajstić information content (AvgIpc) is 3.03. The van der Waals surface area contributed by atoms with E-state index in [0.29, 0.717) is 11.5 Å². The summed E-state index contributed by atoms with van der Waals surface area (Å²) in [4.78, 5) is 16.9. The molecule has 2 saturated heterocycles. The first-order chi connectivity index (χ1) is 10.7. The third kappa shape index (κ3) is 3.86. The molecule has 2 heterocycles. The van der Waals surface area contributed by atoms with Gasteiger partial charge in [0.1, 0.15) is 5.82 Å². The first kappa shape index (κ1) is 15.5. The van der Waals surface area contributed by atoms with Gasteiger partial charge < -0.3 is 9.80 Å². The Morgan fingerprint density at radius 2 is 1.91 bits per heavy atom. The topological polar surface area (TPSA) is 23.6 Å². The van der Waals surface area contributed by atoms with Gasteiger partial charge in [0.25, 0.3) is 0 Å². The number of likely N-dealkylation sites (tertiary alicyclic amines) is 2. The Balaban J connectivity index is 1.54. The fourth-order valence-electron chi connectivity index (χ4n) is 3.69. The second kappa shape index (κ2) is 7.23. The van der Waals surface area contributed by atoms with Crippen molar-refractivity contribution in [2.24, 2.45) is 5.92 Å². The molecule has 2 fully saturated rings. The predicted molar refractivity (Wildman–Crippen MR) is 85.1 cm³/mol. The molecule has 120 valence electrons. The SMILES string of the molecule is O=C(Cc1ccccc1F)N1CCCC(CN2CCCC2)C1. The standard InChI is InChI=1S/C18H25FN2O/c19-17-8-2-1-7-16(17)12-18(22)21-11-5-6-15(14-21)13-20-9-3-4-10-20/h1-2,7-8,15H,3-6,9-14H2. The van der Waals surface area contributed by atoms with Crippen molar-refractivity contribution in [2.45, 2.75) is 32.1 Å². The van der Waals surface area contributed by atoms with Crippen molar-refractivity contribution < 1.29 is 9.18 Å². The molecule has 4 heteroatoms. The smallest absolute Gasteiger partial charge is 0.227 e. The summed E-state index contributed by atoms with van der Waals surface area (Å²) in [5.74, 6) is 0.370. The third-order valence-corrected chi connectivity index (χ3v) is 4.89. The van der Waals surface area contributed by atoms with Crippen molar-refractivity contribution in [1.82, 2.24) is 9.80 Å². The Morgan fingerprint density at radius 3 is 2.68 bits per heavy atom. The predicted octanol–water partition coefficient (Wildman–Crippen LogP) is 2.70. The third-order valence-electron chi connectivity index (χ3n) is 4.89. The molecule has 0 N–H and O–H groups in total. The van der Waals surface area contributed by atoms with Crippen LogP contribution in [0.15, 0.2) is 24.3 Å². The first-order valence-electron chi connectivity index (χ1n) is 8.46. The molecular formula is C18H25FN2O. The molecular weight excluding hydrogens is 279 g/mol. The molecule has 1 unspecified atom stereocenters. The molecule has 1 aromatic rings. The summed E-state index contributed by atoms with van der Waals surface area (Å²) in [7, 11) is 0. The van der Waals surface area contributed by atoms with Gasteiger partial charge in [0, 0.05) is 19.6 Å². The number of piperidine rings is 1. The van der Waals surface area contributed by atoms with Gasteiger partial charge in [-0.1, -0.05) is 18.2 Å². The minimum absolute atomic E-state index is 0.0659. The highest BCUT2D eigenvalue weighted by Gasteiger charge is 2.26. The van der Waals surface area contributed by atoms with E-state index in [9.17, 15) is 9.18 Å². The number of rotatable bonds is 4. The van der Waals surface area contributed by atoms with Gasteiger partial charge in [-0.2, -0.15) is 0 Å². The molecule has 0 aliphatic carbocycles. The summed E-state index contributed by atoms with van der Waals surface area (Å²) >= 11 is 0. The van der Waals surface area contributed by atoms with Crippen molar-refractivity contribution in [2.75, 3.05) is 32.7 Å². The lowest BCUT2D eigenvalue weighted by atomic mass is 9.97. The first-order valence-corrected chi connectivity index (χ1v) is 8.46. The van der Waals surface area contributed by atoms with Gasteiger partial charge in [-0.25, -0.2) is 4.39 Å². The zero-order valence-corrected chi connectivity index (χ0v) is 13.1. The van der Waals surface area contributed by atoms with Crippen LogP contribution < -0.4 is 0 Å². The van der Waals surface area contributed by atoms with Crippen LogP contribution in [0.3, 0.4) is 0 Å². The molecule has 3 nitrogen and oxygen atoms in total. The molecule has 0 saturated carbocycles. The van der Waals surface area contributed by atoms with E-state index in [1.165, 1.54) is 38.4 Å². The number of halogens is 1. The van der Waals surface area contributed by atoms with E-state index in [0.717, 1.165) is 26.1 Å². The Bertz CT molecular complexity index is 514. The van der Waals surface area contributed by atoms with Crippen LogP contribution in [0.5, 0.6) is 0 Å². The highest BCUT2D eigenvalue weighted by atomic mass is 19.1. The quantitative estimate of drug-likeness (QED) is 0.854. The fourth-order valence-corrected chi connectivity index (χ4v) is 3.69. The van der Waals surface area contributed by atoms with E-state index in [2.05, 4.69) is 4.90 Å².